The molecule has 0 saturated heterocycles. The minimum atomic E-state index is 0.255. The van der Waals surface area contributed by atoms with Gasteiger partial charge in [-0.05, 0) is 30.5 Å². The van der Waals surface area contributed by atoms with Crippen LogP contribution in [0.5, 0.6) is 0 Å². The average molecular weight is 244 g/mol. The predicted molar refractivity (Wildman–Crippen MR) is 73.6 cm³/mol. The quantitative estimate of drug-likeness (QED) is 0.879. The molecule has 0 saturated carbocycles. The van der Waals surface area contributed by atoms with E-state index in [-0.39, 0.29) is 6.04 Å². The first-order chi connectivity index (χ1) is 8.68. The van der Waals surface area contributed by atoms with Crippen LogP contribution in [0.2, 0.25) is 0 Å². The third-order valence-electron chi connectivity index (χ3n) is 2.94. The van der Waals surface area contributed by atoms with Gasteiger partial charge in [0.15, 0.2) is 0 Å². The zero-order valence-electron chi connectivity index (χ0n) is 11.2. The summed E-state index contributed by atoms with van der Waals surface area (Å²) >= 11 is 0. The number of pyridine rings is 1. The first-order valence-corrected chi connectivity index (χ1v) is 6.35. The number of nitrogens with zero attached hydrogens (tertiary/aromatic N) is 3. The zero-order chi connectivity index (χ0) is 13.0. The van der Waals surface area contributed by atoms with Crippen molar-refractivity contribution in [2.45, 2.75) is 26.8 Å². The van der Waals surface area contributed by atoms with Crippen molar-refractivity contribution >= 4 is 5.95 Å². The Morgan fingerprint density at radius 3 is 2.56 bits per heavy atom. The molecule has 1 N–H and O–H groups in total. The lowest BCUT2D eigenvalue weighted by Crippen LogP contribution is -2.15. The molecule has 0 spiro atoms. The molecule has 1 atom stereocenters. The van der Waals surface area contributed by atoms with E-state index in [1.54, 1.807) is 0 Å². The second-order valence-corrected chi connectivity index (χ2v) is 4.89. The molecule has 1 unspecified atom stereocenters. The molecule has 0 aliphatic rings. The molecule has 0 aliphatic carbocycles. The topological polar surface area (TPSA) is 42.7 Å². The molecule has 0 aliphatic heterocycles. The van der Waals surface area contributed by atoms with E-state index in [2.05, 4.69) is 40.6 Å². The van der Waals surface area contributed by atoms with Crippen molar-refractivity contribution in [1.82, 2.24) is 14.5 Å². The van der Waals surface area contributed by atoms with Gasteiger partial charge < -0.3 is 9.88 Å². The van der Waals surface area contributed by atoms with Gasteiger partial charge >= 0.3 is 0 Å². The number of nitrogens with one attached hydrogen (secondary N) is 1. The van der Waals surface area contributed by atoms with Crippen molar-refractivity contribution < 1.29 is 0 Å². The Morgan fingerprint density at radius 1 is 1.17 bits per heavy atom. The first kappa shape index (κ1) is 12.6. The van der Waals surface area contributed by atoms with Crippen LogP contribution < -0.4 is 5.32 Å². The average Bonchev–Trinajstić information content (AvgIpc) is 2.85. The summed E-state index contributed by atoms with van der Waals surface area (Å²) in [5, 5.41) is 3.38. The summed E-state index contributed by atoms with van der Waals surface area (Å²) in [7, 11) is 0. The van der Waals surface area contributed by atoms with Gasteiger partial charge in [0.05, 0.1) is 6.04 Å². The van der Waals surface area contributed by atoms with Crippen LogP contribution in [0, 0.1) is 5.92 Å². The largest absolute Gasteiger partial charge is 0.355 e. The van der Waals surface area contributed by atoms with Crippen molar-refractivity contribution in [1.29, 1.82) is 0 Å². The minimum absolute atomic E-state index is 0.255. The van der Waals surface area contributed by atoms with Crippen molar-refractivity contribution in [3.63, 3.8) is 0 Å². The first-order valence-electron chi connectivity index (χ1n) is 6.35. The van der Waals surface area contributed by atoms with Crippen LogP contribution >= 0.6 is 0 Å². The normalized spacial score (nSPS) is 12.7. The third-order valence-corrected chi connectivity index (χ3v) is 2.94. The fourth-order valence-electron chi connectivity index (χ4n) is 1.86. The predicted octanol–water partition coefficient (Wildman–Crippen LogP) is 2.96. The van der Waals surface area contributed by atoms with Crippen LogP contribution in [0.25, 0.3) is 0 Å². The van der Waals surface area contributed by atoms with Crippen LogP contribution in [0.4, 0.5) is 5.95 Å². The highest BCUT2D eigenvalue weighted by molar-refractivity contribution is 5.29. The Balaban J connectivity index is 2.16. The van der Waals surface area contributed by atoms with Crippen molar-refractivity contribution in [3.05, 3.63) is 42.5 Å². The molecule has 4 nitrogen and oxygen atoms in total. The standard InChI is InChI=1S/C14H20N4/c1-11(2)10-17-14-16-8-9-18(14)12(3)13-4-6-15-7-5-13/h4-9,11-12H,10H2,1-3H3,(H,16,17). The summed E-state index contributed by atoms with van der Waals surface area (Å²) < 4.78 is 2.15. The second kappa shape index (κ2) is 5.67. The van der Waals surface area contributed by atoms with Gasteiger partial charge in [0.25, 0.3) is 0 Å². The second-order valence-electron chi connectivity index (χ2n) is 4.89. The maximum atomic E-state index is 4.37. The van der Waals surface area contributed by atoms with Crippen molar-refractivity contribution in [2.75, 3.05) is 11.9 Å². The highest BCUT2D eigenvalue weighted by Gasteiger charge is 2.11. The molecule has 0 aromatic carbocycles. The molecular weight excluding hydrogens is 224 g/mol. The van der Waals surface area contributed by atoms with Gasteiger partial charge in [0.1, 0.15) is 0 Å². The summed E-state index contributed by atoms with van der Waals surface area (Å²) in [6, 6.07) is 4.33. The van der Waals surface area contributed by atoms with E-state index in [0.717, 1.165) is 12.5 Å². The number of aromatic nitrogens is 3. The Morgan fingerprint density at radius 2 is 1.89 bits per heavy atom. The minimum Gasteiger partial charge on any atom is -0.355 e. The molecular formula is C14H20N4. The summed E-state index contributed by atoms with van der Waals surface area (Å²) in [4.78, 5) is 8.42. The summed E-state index contributed by atoms with van der Waals surface area (Å²) in [5.41, 5.74) is 1.23. The van der Waals surface area contributed by atoms with E-state index in [4.69, 9.17) is 0 Å². The number of imidazole rings is 1. The van der Waals surface area contributed by atoms with E-state index in [9.17, 15) is 0 Å². The lowest BCUT2D eigenvalue weighted by molar-refractivity contribution is 0.628. The van der Waals surface area contributed by atoms with E-state index < -0.39 is 0 Å². The molecule has 2 rings (SSSR count). The van der Waals surface area contributed by atoms with Crippen LogP contribution in [0.1, 0.15) is 32.4 Å². The van der Waals surface area contributed by atoms with E-state index in [0.29, 0.717) is 5.92 Å². The van der Waals surface area contributed by atoms with Gasteiger partial charge in [-0.15, -0.1) is 0 Å². The number of rotatable bonds is 5. The molecule has 2 heterocycles. The Bertz CT molecular complexity index is 476. The van der Waals surface area contributed by atoms with Gasteiger partial charge in [-0.25, -0.2) is 4.98 Å². The maximum absolute atomic E-state index is 4.37. The van der Waals surface area contributed by atoms with E-state index in [1.807, 2.05) is 36.9 Å². The zero-order valence-corrected chi connectivity index (χ0v) is 11.2. The Hall–Kier alpha value is -1.84. The number of anilines is 1. The van der Waals surface area contributed by atoms with Gasteiger partial charge in [0.2, 0.25) is 5.95 Å². The third kappa shape index (κ3) is 2.88. The van der Waals surface area contributed by atoms with Gasteiger partial charge in [-0.2, -0.15) is 0 Å². The summed E-state index contributed by atoms with van der Waals surface area (Å²) in [6.07, 6.45) is 7.49. The Kier molecular flexibility index (Phi) is 3.97. The summed E-state index contributed by atoms with van der Waals surface area (Å²) in [6.45, 7) is 7.47. The molecule has 96 valence electrons. The fourth-order valence-corrected chi connectivity index (χ4v) is 1.86. The SMILES string of the molecule is CC(C)CNc1nccn1C(C)c1ccncc1. The van der Waals surface area contributed by atoms with Crippen LogP contribution in [0.3, 0.4) is 0 Å². The molecule has 18 heavy (non-hydrogen) atoms. The highest BCUT2D eigenvalue weighted by Crippen LogP contribution is 2.20. The Labute approximate surface area is 108 Å². The monoisotopic (exact) mass is 244 g/mol. The number of hydrogen-bond acceptors (Lipinski definition) is 3. The van der Waals surface area contributed by atoms with Gasteiger partial charge in [0, 0.05) is 31.3 Å². The molecule has 0 fully saturated rings. The highest BCUT2D eigenvalue weighted by atomic mass is 15.2. The molecule has 0 radical (unpaired) electrons. The van der Waals surface area contributed by atoms with Gasteiger partial charge in [-0.3, -0.25) is 4.98 Å². The van der Waals surface area contributed by atoms with E-state index >= 15 is 0 Å². The van der Waals surface area contributed by atoms with Crippen LogP contribution in [-0.2, 0) is 0 Å². The maximum Gasteiger partial charge on any atom is 0.203 e. The molecule has 2 aromatic heterocycles. The van der Waals surface area contributed by atoms with Crippen LogP contribution in [-0.4, -0.2) is 21.1 Å². The smallest absolute Gasteiger partial charge is 0.203 e. The molecule has 0 bridgehead atoms. The molecule has 4 heteroatoms. The number of hydrogen-bond donors (Lipinski definition) is 1. The molecule has 0 amide bonds. The molecule has 2 aromatic rings. The van der Waals surface area contributed by atoms with Crippen molar-refractivity contribution in [2.24, 2.45) is 5.92 Å². The van der Waals surface area contributed by atoms with Crippen LogP contribution in [0.15, 0.2) is 36.9 Å². The van der Waals surface area contributed by atoms with Crippen molar-refractivity contribution in [3.8, 4) is 0 Å². The van der Waals surface area contributed by atoms with E-state index in [1.165, 1.54) is 5.56 Å². The fraction of sp³-hybridized carbons (Fsp3) is 0.429. The lowest BCUT2D eigenvalue weighted by Gasteiger charge is -2.18. The van der Waals surface area contributed by atoms with Gasteiger partial charge in [-0.1, -0.05) is 13.8 Å². The lowest BCUT2D eigenvalue weighted by atomic mass is 10.1. The summed E-state index contributed by atoms with van der Waals surface area (Å²) in [5.74, 6) is 1.53.